The molecule has 2 heteroatoms. The van der Waals surface area contributed by atoms with E-state index in [9.17, 15) is 0 Å². The maximum atomic E-state index is 5.51. The molecule has 0 atom stereocenters. The average molecular weight is 376 g/mol. The predicted molar refractivity (Wildman–Crippen MR) is 119 cm³/mol. The summed E-state index contributed by atoms with van der Waals surface area (Å²) < 4.78 is 0. The van der Waals surface area contributed by atoms with E-state index in [-0.39, 0.29) is 12.4 Å². The number of rotatable bonds is 21. The first-order chi connectivity index (χ1) is 11.9. The third-order valence-corrected chi connectivity index (χ3v) is 5.31. The van der Waals surface area contributed by atoms with E-state index in [0.29, 0.717) is 0 Å². The molecule has 1 nitrogen and oxygen atoms in total. The molecule has 154 valence electrons. The molecule has 0 rings (SSSR count). The van der Waals surface area contributed by atoms with Crippen molar-refractivity contribution >= 4 is 12.4 Å². The van der Waals surface area contributed by atoms with Crippen molar-refractivity contribution in [2.24, 2.45) is 5.73 Å². The minimum atomic E-state index is 0. The van der Waals surface area contributed by atoms with E-state index >= 15 is 0 Å². The molecule has 0 fully saturated rings. The van der Waals surface area contributed by atoms with Crippen molar-refractivity contribution in [2.75, 3.05) is 6.54 Å². The second-order valence-corrected chi connectivity index (χ2v) is 7.86. The van der Waals surface area contributed by atoms with Gasteiger partial charge < -0.3 is 5.73 Å². The Morgan fingerprint density at radius 2 is 0.560 bits per heavy atom. The van der Waals surface area contributed by atoms with Crippen LogP contribution in [0, 0.1) is 0 Å². The normalized spacial score (nSPS) is 10.8. The van der Waals surface area contributed by atoms with Crippen molar-refractivity contribution in [1.82, 2.24) is 0 Å². The highest BCUT2D eigenvalue weighted by Crippen LogP contribution is 2.14. The van der Waals surface area contributed by atoms with Crippen LogP contribution in [0.5, 0.6) is 0 Å². The van der Waals surface area contributed by atoms with Crippen molar-refractivity contribution in [1.29, 1.82) is 0 Å². The van der Waals surface area contributed by atoms with Crippen molar-refractivity contribution in [2.45, 2.75) is 142 Å². The van der Waals surface area contributed by atoms with Crippen LogP contribution in [0.25, 0.3) is 0 Å². The summed E-state index contributed by atoms with van der Waals surface area (Å²) in [6.45, 7) is 3.17. The molecular formula is C23H50ClN. The summed E-state index contributed by atoms with van der Waals surface area (Å²) in [4.78, 5) is 0. The molecule has 0 amide bonds. The maximum Gasteiger partial charge on any atom is -0.00773 e. The Morgan fingerprint density at radius 3 is 0.760 bits per heavy atom. The van der Waals surface area contributed by atoms with E-state index in [4.69, 9.17) is 5.73 Å². The fourth-order valence-electron chi connectivity index (χ4n) is 3.58. The van der Waals surface area contributed by atoms with Crippen molar-refractivity contribution in [3.8, 4) is 0 Å². The first kappa shape index (κ1) is 27.5. The van der Waals surface area contributed by atoms with E-state index in [0.717, 1.165) is 6.54 Å². The van der Waals surface area contributed by atoms with Gasteiger partial charge in [-0.25, -0.2) is 0 Å². The summed E-state index contributed by atoms with van der Waals surface area (Å²) in [6, 6.07) is 0. The predicted octanol–water partition coefficient (Wildman–Crippen LogP) is 8.58. The van der Waals surface area contributed by atoms with E-state index in [2.05, 4.69) is 6.92 Å². The molecule has 0 bridgehead atoms. The number of hydrogen-bond donors (Lipinski definition) is 1. The van der Waals surface area contributed by atoms with Gasteiger partial charge >= 0.3 is 0 Å². The van der Waals surface area contributed by atoms with Gasteiger partial charge in [0.05, 0.1) is 0 Å². The van der Waals surface area contributed by atoms with Gasteiger partial charge in [-0.1, -0.05) is 135 Å². The summed E-state index contributed by atoms with van der Waals surface area (Å²) in [7, 11) is 0. The molecule has 0 radical (unpaired) electrons. The van der Waals surface area contributed by atoms with E-state index in [1.54, 1.807) is 0 Å². The van der Waals surface area contributed by atoms with E-state index in [1.807, 2.05) is 0 Å². The van der Waals surface area contributed by atoms with Crippen molar-refractivity contribution < 1.29 is 0 Å². The van der Waals surface area contributed by atoms with Gasteiger partial charge in [-0.05, 0) is 13.0 Å². The largest absolute Gasteiger partial charge is 0.330 e. The van der Waals surface area contributed by atoms with Crippen LogP contribution in [0.1, 0.15) is 142 Å². The minimum Gasteiger partial charge on any atom is -0.330 e. The van der Waals surface area contributed by atoms with Crippen molar-refractivity contribution in [3.05, 3.63) is 0 Å². The lowest BCUT2D eigenvalue weighted by atomic mass is 10.0. The Bertz CT molecular complexity index is 186. The first-order valence-corrected chi connectivity index (χ1v) is 11.6. The van der Waals surface area contributed by atoms with Gasteiger partial charge in [-0.3, -0.25) is 0 Å². The zero-order valence-electron chi connectivity index (χ0n) is 17.5. The van der Waals surface area contributed by atoms with Crippen LogP contribution >= 0.6 is 12.4 Å². The van der Waals surface area contributed by atoms with Gasteiger partial charge in [0, 0.05) is 0 Å². The average Bonchev–Trinajstić information content (AvgIpc) is 2.60. The van der Waals surface area contributed by atoms with Gasteiger partial charge in [-0.15, -0.1) is 12.4 Å². The van der Waals surface area contributed by atoms with Gasteiger partial charge in [0.1, 0.15) is 0 Å². The number of nitrogens with two attached hydrogens (primary N) is 1. The van der Waals surface area contributed by atoms with Crippen LogP contribution in [-0.2, 0) is 0 Å². The summed E-state index contributed by atoms with van der Waals surface area (Å²) in [5.41, 5.74) is 5.51. The van der Waals surface area contributed by atoms with Crippen LogP contribution in [0.3, 0.4) is 0 Å². The highest BCUT2D eigenvalue weighted by Gasteiger charge is 1.95. The van der Waals surface area contributed by atoms with Gasteiger partial charge in [0.25, 0.3) is 0 Å². The monoisotopic (exact) mass is 375 g/mol. The first-order valence-electron chi connectivity index (χ1n) is 11.6. The Balaban J connectivity index is 0. The molecule has 0 saturated carbocycles. The second kappa shape index (κ2) is 26.5. The Kier molecular flexibility index (Phi) is 29.1. The molecule has 0 heterocycles. The van der Waals surface area contributed by atoms with Crippen LogP contribution in [-0.4, -0.2) is 6.54 Å². The SMILES string of the molecule is CCCCCCCCCCCCCCCCCCCCCCCN.Cl. The second-order valence-electron chi connectivity index (χ2n) is 7.86. The Hall–Kier alpha value is 0.250. The molecular weight excluding hydrogens is 326 g/mol. The van der Waals surface area contributed by atoms with Gasteiger partial charge in [0.15, 0.2) is 0 Å². The lowest BCUT2D eigenvalue weighted by Gasteiger charge is -2.04. The highest BCUT2D eigenvalue weighted by atomic mass is 35.5. The molecule has 0 aromatic rings. The van der Waals surface area contributed by atoms with E-state index in [1.165, 1.54) is 135 Å². The lowest BCUT2D eigenvalue weighted by molar-refractivity contribution is 0.520. The third-order valence-electron chi connectivity index (χ3n) is 5.31. The van der Waals surface area contributed by atoms with Crippen LogP contribution in [0.15, 0.2) is 0 Å². The quantitative estimate of drug-likeness (QED) is 0.200. The number of halogens is 1. The summed E-state index contributed by atoms with van der Waals surface area (Å²) in [6.07, 6.45) is 30.3. The smallest absolute Gasteiger partial charge is 0.00773 e. The molecule has 0 aliphatic rings. The fourth-order valence-corrected chi connectivity index (χ4v) is 3.58. The number of unbranched alkanes of at least 4 members (excludes halogenated alkanes) is 20. The summed E-state index contributed by atoms with van der Waals surface area (Å²) in [5.74, 6) is 0. The third kappa shape index (κ3) is 26.6. The minimum absolute atomic E-state index is 0. The standard InChI is InChI=1S/C23H49N.ClH/c1-2-3-4-5-6-7-8-9-10-11-12-13-14-15-16-17-18-19-20-21-22-23-24;/h2-24H2,1H3;1H. The molecule has 0 aromatic carbocycles. The molecule has 0 unspecified atom stereocenters. The molecule has 0 saturated heterocycles. The molecule has 0 spiro atoms. The molecule has 0 aliphatic carbocycles. The van der Waals surface area contributed by atoms with Gasteiger partial charge in [-0.2, -0.15) is 0 Å². The molecule has 2 N–H and O–H groups in total. The maximum absolute atomic E-state index is 5.51. The number of hydrogen-bond acceptors (Lipinski definition) is 1. The zero-order valence-corrected chi connectivity index (χ0v) is 18.4. The van der Waals surface area contributed by atoms with Crippen molar-refractivity contribution in [3.63, 3.8) is 0 Å². The Morgan fingerprint density at radius 1 is 0.360 bits per heavy atom. The molecule has 25 heavy (non-hydrogen) atoms. The topological polar surface area (TPSA) is 26.0 Å². The highest BCUT2D eigenvalue weighted by molar-refractivity contribution is 5.85. The zero-order chi connectivity index (χ0) is 17.6. The molecule has 0 aliphatic heterocycles. The summed E-state index contributed by atoms with van der Waals surface area (Å²) in [5, 5.41) is 0. The van der Waals surface area contributed by atoms with E-state index < -0.39 is 0 Å². The van der Waals surface area contributed by atoms with Crippen LogP contribution in [0.4, 0.5) is 0 Å². The van der Waals surface area contributed by atoms with Gasteiger partial charge in [0.2, 0.25) is 0 Å². The lowest BCUT2D eigenvalue weighted by Crippen LogP contribution is -1.97. The van der Waals surface area contributed by atoms with Crippen LogP contribution in [0.2, 0.25) is 0 Å². The van der Waals surface area contributed by atoms with Crippen LogP contribution < -0.4 is 5.73 Å². The molecule has 0 aromatic heterocycles. The fraction of sp³-hybridized carbons (Fsp3) is 1.00. The summed E-state index contributed by atoms with van der Waals surface area (Å²) >= 11 is 0. The Labute approximate surface area is 166 Å².